The summed E-state index contributed by atoms with van der Waals surface area (Å²) >= 11 is 0. The van der Waals surface area contributed by atoms with Gasteiger partial charge in [-0.15, -0.1) is 12.4 Å². The van der Waals surface area contributed by atoms with E-state index >= 15 is 0 Å². The predicted molar refractivity (Wildman–Crippen MR) is 97.3 cm³/mol. The average molecular weight is 350 g/mol. The molecule has 0 unspecified atom stereocenters. The monoisotopic (exact) mass is 349 g/mol. The molecule has 0 saturated heterocycles. The molecule has 0 aliphatic carbocycles. The normalized spacial score (nSPS) is 10.7. The molecule has 0 aliphatic heterocycles. The topological polar surface area (TPSA) is 65.1 Å². The number of aryl methyl sites for hydroxylation is 1. The fourth-order valence-corrected chi connectivity index (χ4v) is 2.61. The van der Waals surface area contributed by atoms with Crippen LogP contribution in [0.2, 0.25) is 0 Å². The fraction of sp³-hybridized carbons (Fsp3) is 0.312. The van der Waals surface area contributed by atoms with Crippen molar-refractivity contribution in [1.82, 2.24) is 18.7 Å². The number of rotatable bonds is 3. The zero-order valence-electron chi connectivity index (χ0n) is 14.1. The molecule has 24 heavy (non-hydrogen) atoms. The highest BCUT2D eigenvalue weighted by atomic mass is 35.5. The maximum atomic E-state index is 12.4. The van der Waals surface area contributed by atoms with Crippen LogP contribution in [0.4, 0.5) is 5.69 Å². The number of benzene rings is 1. The molecule has 0 fully saturated rings. The summed E-state index contributed by atoms with van der Waals surface area (Å²) in [6.45, 7) is 0.525. The van der Waals surface area contributed by atoms with Crippen molar-refractivity contribution in [2.75, 3.05) is 19.0 Å². The Bertz CT molecular complexity index is 983. The molecule has 1 aromatic carbocycles. The van der Waals surface area contributed by atoms with E-state index in [1.54, 1.807) is 17.9 Å². The summed E-state index contributed by atoms with van der Waals surface area (Å²) in [5.74, 6) is 0. The number of imidazole rings is 1. The van der Waals surface area contributed by atoms with Crippen LogP contribution >= 0.6 is 12.4 Å². The SMILES string of the molecule is CN(C)c1ccc(Cn2cnc3c2c(=O)n(C)c(=O)n3C)cc1.Cl. The third-order valence-corrected chi connectivity index (χ3v) is 4.02. The second kappa shape index (κ2) is 6.52. The van der Waals surface area contributed by atoms with Crippen molar-refractivity contribution in [2.24, 2.45) is 14.1 Å². The third kappa shape index (κ3) is 2.82. The van der Waals surface area contributed by atoms with Crippen LogP contribution in [0.25, 0.3) is 11.2 Å². The highest BCUT2D eigenvalue weighted by molar-refractivity contribution is 5.85. The number of nitrogens with zero attached hydrogens (tertiary/aromatic N) is 5. The van der Waals surface area contributed by atoms with E-state index in [1.165, 1.54) is 11.6 Å². The van der Waals surface area contributed by atoms with E-state index in [1.807, 2.05) is 43.3 Å². The van der Waals surface area contributed by atoms with Crippen molar-refractivity contribution in [1.29, 1.82) is 0 Å². The minimum Gasteiger partial charge on any atom is -0.378 e. The molecule has 0 spiro atoms. The van der Waals surface area contributed by atoms with Gasteiger partial charge >= 0.3 is 5.69 Å². The molecule has 3 aromatic rings. The molecule has 2 aromatic heterocycles. The van der Waals surface area contributed by atoms with Gasteiger partial charge in [0.25, 0.3) is 5.56 Å². The summed E-state index contributed by atoms with van der Waals surface area (Å²) in [5, 5.41) is 0. The third-order valence-electron chi connectivity index (χ3n) is 4.02. The Kier molecular flexibility index (Phi) is 4.84. The second-order valence-electron chi connectivity index (χ2n) is 5.81. The Balaban J connectivity index is 0.00000208. The summed E-state index contributed by atoms with van der Waals surface area (Å²) in [6.07, 6.45) is 1.60. The number of hydrogen-bond acceptors (Lipinski definition) is 4. The van der Waals surface area contributed by atoms with E-state index in [0.717, 1.165) is 15.8 Å². The standard InChI is InChI=1S/C16H19N5O2.ClH/c1-18(2)12-7-5-11(6-8-12)9-21-10-17-14-13(21)15(22)20(4)16(23)19(14)3;/h5-8,10H,9H2,1-4H3;1H. The lowest BCUT2D eigenvalue weighted by Crippen LogP contribution is -2.37. The Hall–Kier alpha value is -2.54. The number of anilines is 1. The molecule has 0 N–H and O–H groups in total. The Labute approximate surface area is 145 Å². The fourth-order valence-electron chi connectivity index (χ4n) is 2.61. The Morgan fingerprint density at radius 2 is 1.67 bits per heavy atom. The maximum Gasteiger partial charge on any atom is 0.332 e. The van der Waals surface area contributed by atoms with Crippen molar-refractivity contribution in [2.45, 2.75) is 6.54 Å². The van der Waals surface area contributed by atoms with Crippen molar-refractivity contribution >= 4 is 29.3 Å². The van der Waals surface area contributed by atoms with Crippen molar-refractivity contribution in [3.8, 4) is 0 Å². The Morgan fingerprint density at radius 1 is 1.04 bits per heavy atom. The second-order valence-corrected chi connectivity index (χ2v) is 5.81. The zero-order valence-corrected chi connectivity index (χ0v) is 14.9. The quantitative estimate of drug-likeness (QED) is 0.706. The van der Waals surface area contributed by atoms with Crippen molar-refractivity contribution in [3.05, 3.63) is 57.0 Å². The number of hydrogen-bond donors (Lipinski definition) is 0. The molecule has 0 bridgehead atoms. The Morgan fingerprint density at radius 3 is 2.25 bits per heavy atom. The van der Waals surface area contributed by atoms with Gasteiger partial charge in [0, 0.05) is 40.4 Å². The average Bonchev–Trinajstić information content (AvgIpc) is 2.95. The molecule has 7 nitrogen and oxygen atoms in total. The summed E-state index contributed by atoms with van der Waals surface area (Å²) in [7, 11) is 7.08. The van der Waals surface area contributed by atoms with Gasteiger partial charge in [0.2, 0.25) is 0 Å². The molecule has 0 amide bonds. The molecule has 2 heterocycles. The van der Waals surface area contributed by atoms with Crippen molar-refractivity contribution < 1.29 is 0 Å². The van der Waals surface area contributed by atoms with Gasteiger partial charge in [-0.1, -0.05) is 12.1 Å². The lowest BCUT2D eigenvalue weighted by Gasteiger charge is -2.13. The van der Waals surface area contributed by atoms with E-state index in [2.05, 4.69) is 4.98 Å². The molecule has 0 radical (unpaired) electrons. The lowest BCUT2D eigenvalue weighted by atomic mass is 10.2. The zero-order chi connectivity index (χ0) is 16.7. The summed E-state index contributed by atoms with van der Waals surface area (Å²) in [4.78, 5) is 30.6. The first-order chi connectivity index (χ1) is 10.9. The first kappa shape index (κ1) is 17.8. The minimum atomic E-state index is -0.372. The van der Waals surface area contributed by atoms with Crippen LogP contribution in [0.15, 0.2) is 40.2 Å². The molecule has 8 heteroatoms. The van der Waals surface area contributed by atoms with E-state index in [0.29, 0.717) is 17.7 Å². The molecule has 0 aliphatic rings. The molecule has 128 valence electrons. The molecular weight excluding hydrogens is 330 g/mol. The largest absolute Gasteiger partial charge is 0.378 e. The molecule has 0 atom stereocenters. The van der Waals surface area contributed by atoms with Crippen molar-refractivity contribution in [3.63, 3.8) is 0 Å². The minimum absolute atomic E-state index is 0. The molecule has 0 saturated carbocycles. The van der Waals surface area contributed by atoms with Crippen LogP contribution in [-0.2, 0) is 20.6 Å². The van der Waals surface area contributed by atoms with E-state index in [9.17, 15) is 9.59 Å². The predicted octanol–water partition coefficient (Wildman–Crippen LogP) is 0.970. The summed E-state index contributed by atoms with van der Waals surface area (Å²) in [5.41, 5.74) is 2.32. The molecule has 3 rings (SSSR count). The maximum absolute atomic E-state index is 12.4. The van der Waals surface area contributed by atoms with Gasteiger partial charge in [0.1, 0.15) is 0 Å². The van der Waals surface area contributed by atoms with Crippen LogP contribution in [0.5, 0.6) is 0 Å². The highest BCUT2D eigenvalue weighted by Gasteiger charge is 2.14. The van der Waals surface area contributed by atoms with E-state index < -0.39 is 0 Å². The summed E-state index contributed by atoms with van der Waals surface area (Å²) < 4.78 is 4.28. The van der Waals surface area contributed by atoms with Gasteiger partial charge in [-0.2, -0.15) is 0 Å². The van der Waals surface area contributed by atoms with Gasteiger partial charge in [-0.3, -0.25) is 13.9 Å². The number of aromatic nitrogens is 4. The smallest absolute Gasteiger partial charge is 0.332 e. The lowest BCUT2D eigenvalue weighted by molar-refractivity contribution is 0.702. The van der Waals surface area contributed by atoms with Gasteiger partial charge in [-0.25, -0.2) is 9.78 Å². The van der Waals surface area contributed by atoms with Crippen LogP contribution < -0.4 is 16.1 Å². The molecular formula is C16H20ClN5O2. The van der Waals surface area contributed by atoms with Gasteiger partial charge in [-0.05, 0) is 17.7 Å². The first-order valence-corrected chi connectivity index (χ1v) is 7.27. The van der Waals surface area contributed by atoms with E-state index in [-0.39, 0.29) is 23.7 Å². The van der Waals surface area contributed by atoms with Crippen LogP contribution in [0.3, 0.4) is 0 Å². The van der Waals surface area contributed by atoms with Gasteiger partial charge in [0.05, 0.1) is 6.33 Å². The highest BCUT2D eigenvalue weighted by Crippen LogP contribution is 2.14. The number of fused-ring (bicyclic) bond motifs is 1. The van der Waals surface area contributed by atoms with Crippen LogP contribution in [-0.4, -0.2) is 32.8 Å². The number of halogens is 1. The van der Waals surface area contributed by atoms with E-state index in [4.69, 9.17) is 0 Å². The van der Waals surface area contributed by atoms with Gasteiger partial charge < -0.3 is 9.47 Å². The van der Waals surface area contributed by atoms with Crippen LogP contribution in [0.1, 0.15) is 5.56 Å². The van der Waals surface area contributed by atoms with Crippen LogP contribution in [0, 0.1) is 0 Å². The van der Waals surface area contributed by atoms with Gasteiger partial charge in [0.15, 0.2) is 11.2 Å². The first-order valence-electron chi connectivity index (χ1n) is 7.27. The summed E-state index contributed by atoms with van der Waals surface area (Å²) in [6, 6.07) is 8.10.